The van der Waals surface area contributed by atoms with Gasteiger partial charge in [0.25, 0.3) is 5.78 Å². The molecule has 0 aliphatic carbocycles. The molecule has 0 aliphatic rings. The molecule has 6 heteroatoms. The van der Waals surface area contributed by atoms with Crippen molar-refractivity contribution in [3.8, 4) is 0 Å². The van der Waals surface area contributed by atoms with Gasteiger partial charge in [0.2, 0.25) is 0 Å². The average Bonchev–Trinajstić information content (AvgIpc) is 2.21. The first-order valence-corrected chi connectivity index (χ1v) is 4.91. The summed E-state index contributed by atoms with van der Waals surface area (Å²) in [4.78, 5) is 22.1. The van der Waals surface area contributed by atoms with Gasteiger partial charge >= 0.3 is 5.97 Å². The largest absolute Gasteiger partial charge is 0.463 e. The maximum Gasteiger partial charge on any atom is 0.379 e. The second-order valence-electron chi connectivity index (χ2n) is 2.57. The Morgan fingerprint density at radius 2 is 2.07 bits per heavy atom. The number of hydrogen-bond donors (Lipinski definition) is 0. The number of carbonyl (C=O) groups is 2. The molecule has 0 saturated heterocycles. The molecule has 1 aromatic rings. The van der Waals surface area contributed by atoms with Crippen LogP contribution in [0.4, 0.5) is 4.39 Å². The lowest BCUT2D eigenvalue weighted by molar-refractivity contribution is -0.135. The lowest BCUT2D eigenvalue weighted by atomic mass is 10.1. The second-order valence-corrected chi connectivity index (χ2v) is 3.83. The lowest BCUT2D eigenvalue weighted by Gasteiger charge is -2.03. The van der Waals surface area contributed by atoms with Crippen molar-refractivity contribution in [2.24, 2.45) is 0 Å². The van der Waals surface area contributed by atoms with Crippen LogP contribution in [-0.4, -0.2) is 18.9 Å². The summed E-state index contributed by atoms with van der Waals surface area (Å²) in [6, 6.07) is 2.08. The Balaban J connectivity index is 3.21. The van der Waals surface area contributed by atoms with E-state index in [1.807, 2.05) is 0 Å². The van der Waals surface area contributed by atoms with Crippen LogP contribution in [0.2, 0.25) is 5.02 Å². The zero-order valence-corrected chi connectivity index (χ0v) is 9.86. The van der Waals surface area contributed by atoms with E-state index in [0.717, 1.165) is 19.2 Å². The Morgan fingerprint density at radius 1 is 1.47 bits per heavy atom. The molecule has 3 nitrogen and oxygen atoms in total. The minimum absolute atomic E-state index is 0.142. The number of rotatable bonds is 2. The molecule has 0 fully saturated rings. The molecule has 0 saturated carbocycles. The first-order chi connectivity index (χ1) is 6.97. The number of esters is 1. The number of halogens is 3. The van der Waals surface area contributed by atoms with Crippen LogP contribution in [0.25, 0.3) is 0 Å². The molecule has 15 heavy (non-hydrogen) atoms. The highest BCUT2D eigenvalue weighted by Gasteiger charge is 2.21. The van der Waals surface area contributed by atoms with Crippen molar-refractivity contribution in [1.29, 1.82) is 0 Å². The zero-order valence-electron chi connectivity index (χ0n) is 7.51. The predicted octanol–water partition coefficient (Wildman–Crippen LogP) is 2.60. The van der Waals surface area contributed by atoms with Gasteiger partial charge in [0.05, 0.1) is 17.7 Å². The van der Waals surface area contributed by atoms with E-state index in [1.165, 1.54) is 0 Å². The topological polar surface area (TPSA) is 43.4 Å². The SMILES string of the molecule is COC(=O)C(=O)c1cc(Cl)c(Br)cc1F. The normalized spacial score (nSPS) is 9.87. The fourth-order valence-corrected chi connectivity index (χ4v) is 1.38. The third kappa shape index (κ3) is 2.54. The van der Waals surface area contributed by atoms with Gasteiger partial charge in [-0.25, -0.2) is 9.18 Å². The Labute approximate surface area is 98.3 Å². The number of Topliss-reactive ketones (excluding diaryl/α,β-unsaturated/α-hetero) is 1. The van der Waals surface area contributed by atoms with Crippen molar-refractivity contribution in [2.45, 2.75) is 0 Å². The van der Waals surface area contributed by atoms with Crippen molar-refractivity contribution in [3.63, 3.8) is 0 Å². The van der Waals surface area contributed by atoms with Gasteiger partial charge in [-0.1, -0.05) is 11.6 Å². The van der Waals surface area contributed by atoms with Gasteiger partial charge in [0.15, 0.2) is 0 Å². The van der Waals surface area contributed by atoms with E-state index in [0.29, 0.717) is 4.47 Å². The Kier molecular flexibility index (Phi) is 3.82. The zero-order chi connectivity index (χ0) is 11.6. The Hall–Kier alpha value is -0.940. The van der Waals surface area contributed by atoms with Crippen LogP contribution in [-0.2, 0) is 9.53 Å². The molecule has 0 radical (unpaired) electrons. The van der Waals surface area contributed by atoms with Gasteiger partial charge < -0.3 is 4.74 Å². The molecular formula is C9H5BrClFO3. The average molecular weight is 295 g/mol. The van der Waals surface area contributed by atoms with E-state index < -0.39 is 23.1 Å². The summed E-state index contributed by atoms with van der Waals surface area (Å²) in [6.07, 6.45) is 0. The quantitative estimate of drug-likeness (QED) is 0.364. The van der Waals surface area contributed by atoms with Crippen molar-refractivity contribution >= 4 is 39.3 Å². The highest BCUT2D eigenvalue weighted by Crippen LogP contribution is 2.25. The maximum absolute atomic E-state index is 13.3. The Morgan fingerprint density at radius 3 is 2.60 bits per heavy atom. The van der Waals surface area contributed by atoms with Crippen LogP contribution in [0.5, 0.6) is 0 Å². The van der Waals surface area contributed by atoms with Gasteiger partial charge in [-0.3, -0.25) is 4.79 Å². The predicted molar refractivity (Wildman–Crippen MR) is 55.5 cm³/mol. The maximum atomic E-state index is 13.3. The Bertz CT molecular complexity index is 434. The number of ether oxygens (including phenoxy) is 1. The molecule has 0 bridgehead atoms. The third-order valence-corrected chi connectivity index (χ3v) is 2.82. The van der Waals surface area contributed by atoms with Crippen molar-refractivity contribution in [2.75, 3.05) is 7.11 Å². The monoisotopic (exact) mass is 294 g/mol. The third-order valence-electron chi connectivity index (χ3n) is 1.63. The van der Waals surface area contributed by atoms with Crippen LogP contribution >= 0.6 is 27.5 Å². The summed E-state index contributed by atoms with van der Waals surface area (Å²) in [5.41, 5.74) is -0.407. The van der Waals surface area contributed by atoms with Gasteiger partial charge in [-0.15, -0.1) is 0 Å². The minimum Gasteiger partial charge on any atom is -0.463 e. The summed E-state index contributed by atoms with van der Waals surface area (Å²) in [5.74, 6) is -3.03. The van der Waals surface area contributed by atoms with E-state index >= 15 is 0 Å². The smallest absolute Gasteiger partial charge is 0.379 e. The number of hydrogen-bond acceptors (Lipinski definition) is 3. The molecular weight excluding hydrogens is 290 g/mol. The van der Waals surface area contributed by atoms with Gasteiger partial charge in [0, 0.05) is 4.47 Å². The van der Waals surface area contributed by atoms with Crippen LogP contribution in [0.15, 0.2) is 16.6 Å². The molecule has 0 unspecified atom stereocenters. The van der Waals surface area contributed by atoms with E-state index in [9.17, 15) is 14.0 Å². The molecule has 0 aromatic heterocycles. The summed E-state index contributed by atoms with van der Waals surface area (Å²) in [6.45, 7) is 0. The molecule has 0 heterocycles. The van der Waals surface area contributed by atoms with Crippen LogP contribution in [0.1, 0.15) is 10.4 Å². The fourth-order valence-electron chi connectivity index (χ4n) is 0.899. The van der Waals surface area contributed by atoms with Crippen LogP contribution in [0.3, 0.4) is 0 Å². The molecule has 80 valence electrons. The van der Waals surface area contributed by atoms with Crippen molar-refractivity contribution in [1.82, 2.24) is 0 Å². The van der Waals surface area contributed by atoms with E-state index in [2.05, 4.69) is 20.7 Å². The molecule has 0 N–H and O–H groups in total. The van der Waals surface area contributed by atoms with E-state index in [-0.39, 0.29) is 5.02 Å². The molecule has 1 aromatic carbocycles. The number of benzene rings is 1. The van der Waals surface area contributed by atoms with Crippen LogP contribution in [0, 0.1) is 5.82 Å². The number of carbonyl (C=O) groups excluding carboxylic acids is 2. The molecule has 0 atom stereocenters. The van der Waals surface area contributed by atoms with E-state index in [4.69, 9.17) is 11.6 Å². The van der Waals surface area contributed by atoms with Gasteiger partial charge in [-0.05, 0) is 28.1 Å². The van der Waals surface area contributed by atoms with Crippen LogP contribution < -0.4 is 0 Å². The van der Waals surface area contributed by atoms with Crippen molar-refractivity contribution in [3.05, 3.63) is 33.0 Å². The lowest BCUT2D eigenvalue weighted by Crippen LogP contribution is -2.17. The molecule has 1 rings (SSSR count). The summed E-state index contributed by atoms with van der Waals surface area (Å²) >= 11 is 8.64. The summed E-state index contributed by atoms with van der Waals surface area (Å²) in [5, 5.41) is 0.142. The minimum atomic E-state index is -1.13. The summed E-state index contributed by atoms with van der Waals surface area (Å²) in [7, 11) is 1.04. The first-order valence-electron chi connectivity index (χ1n) is 3.74. The fraction of sp³-hybridized carbons (Fsp3) is 0.111. The second kappa shape index (κ2) is 4.72. The highest BCUT2D eigenvalue weighted by atomic mass is 79.9. The number of methoxy groups -OCH3 is 1. The first kappa shape index (κ1) is 12.1. The highest BCUT2D eigenvalue weighted by molar-refractivity contribution is 9.10. The van der Waals surface area contributed by atoms with Gasteiger partial charge in [0.1, 0.15) is 5.82 Å². The van der Waals surface area contributed by atoms with E-state index in [1.54, 1.807) is 0 Å². The molecule has 0 aliphatic heterocycles. The number of ketones is 1. The summed E-state index contributed by atoms with van der Waals surface area (Å²) < 4.78 is 17.8. The standard InChI is InChI=1S/C9H5BrClFO3/c1-15-9(14)8(13)4-2-6(11)5(10)3-7(4)12/h2-3H,1H3. The van der Waals surface area contributed by atoms with Gasteiger partial charge in [-0.2, -0.15) is 0 Å². The van der Waals surface area contributed by atoms with Crippen molar-refractivity contribution < 1.29 is 18.7 Å². The molecule has 0 spiro atoms. The molecule has 0 amide bonds.